The minimum Gasteiger partial charge on any atom is -0.494 e. The molecule has 2 aromatic rings. The number of nitrogens with one attached hydrogen (secondary N) is 2. The van der Waals surface area contributed by atoms with Crippen LogP contribution in [0.4, 0.5) is 11.4 Å². The molecule has 6 heteroatoms. The van der Waals surface area contributed by atoms with Crippen LogP contribution in [0, 0.1) is 0 Å². The summed E-state index contributed by atoms with van der Waals surface area (Å²) in [5.41, 5.74) is 3.55. The average molecular weight is 363 g/mol. The van der Waals surface area contributed by atoms with Crippen LogP contribution in [0.1, 0.15) is 29.8 Å². The van der Waals surface area contributed by atoms with Gasteiger partial charge in [-0.3, -0.25) is 4.79 Å². The zero-order chi connectivity index (χ0) is 16.9. The van der Waals surface area contributed by atoms with Crippen molar-refractivity contribution in [2.75, 3.05) is 30.4 Å². The molecule has 1 aliphatic rings. The SMILES string of the molecule is CCOc1ccc(OCC)c(NC(=O)c2ccc3c(c2)CCN3)c1.Cl. The quantitative estimate of drug-likeness (QED) is 0.811. The van der Waals surface area contributed by atoms with E-state index in [4.69, 9.17) is 9.47 Å². The predicted octanol–water partition coefficient (Wildman–Crippen LogP) is 4.13. The summed E-state index contributed by atoms with van der Waals surface area (Å²) >= 11 is 0. The molecule has 0 saturated heterocycles. The molecule has 0 aromatic heterocycles. The number of anilines is 2. The molecule has 134 valence electrons. The van der Waals surface area contributed by atoms with Crippen molar-refractivity contribution >= 4 is 29.7 Å². The van der Waals surface area contributed by atoms with Crippen molar-refractivity contribution in [2.45, 2.75) is 20.3 Å². The fraction of sp³-hybridized carbons (Fsp3) is 0.316. The van der Waals surface area contributed by atoms with Crippen molar-refractivity contribution in [3.63, 3.8) is 0 Å². The molecule has 3 rings (SSSR count). The number of ether oxygens (including phenoxy) is 2. The molecule has 2 aromatic carbocycles. The maximum atomic E-state index is 12.6. The Bertz CT molecular complexity index is 749. The Morgan fingerprint density at radius 2 is 1.92 bits per heavy atom. The lowest BCUT2D eigenvalue weighted by Crippen LogP contribution is -2.13. The topological polar surface area (TPSA) is 59.6 Å². The van der Waals surface area contributed by atoms with Crippen LogP contribution in [0.2, 0.25) is 0 Å². The molecule has 0 radical (unpaired) electrons. The van der Waals surface area contributed by atoms with Gasteiger partial charge in [0, 0.05) is 23.9 Å². The number of rotatable bonds is 6. The van der Waals surface area contributed by atoms with E-state index in [2.05, 4.69) is 10.6 Å². The second-order valence-corrected chi connectivity index (χ2v) is 5.53. The molecule has 5 nitrogen and oxygen atoms in total. The number of fused-ring (bicyclic) bond motifs is 1. The van der Waals surface area contributed by atoms with Crippen LogP contribution in [0.15, 0.2) is 36.4 Å². The van der Waals surface area contributed by atoms with Gasteiger partial charge < -0.3 is 20.1 Å². The Kier molecular flexibility index (Phi) is 6.53. The molecule has 0 spiro atoms. The molecule has 0 unspecified atom stereocenters. The summed E-state index contributed by atoms with van der Waals surface area (Å²) in [6.45, 7) is 5.86. The molecule has 0 fully saturated rings. The number of benzene rings is 2. The van der Waals surface area contributed by atoms with E-state index in [0.29, 0.717) is 36.0 Å². The molecule has 0 atom stereocenters. The zero-order valence-electron chi connectivity index (χ0n) is 14.4. The molecular formula is C19H23ClN2O3. The van der Waals surface area contributed by atoms with Crippen LogP contribution >= 0.6 is 12.4 Å². The number of carbonyl (C=O) groups is 1. The van der Waals surface area contributed by atoms with E-state index >= 15 is 0 Å². The first-order chi connectivity index (χ1) is 11.7. The Hall–Kier alpha value is -2.40. The summed E-state index contributed by atoms with van der Waals surface area (Å²) in [5, 5.41) is 6.23. The van der Waals surface area contributed by atoms with Gasteiger partial charge in [0.15, 0.2) is 0 Å². The van der Waals surface area contributed by atoms with Crippen LogP contribution in [0.3, 0.4) is 0 Å². The minimum atomic E-state index is -0.153. The maximum Gasteiger partial charge on any atom is 0.255 e. The van der Waals surface area contributed by atoms with Crippen LogP contribution < -0.4 is 20.1 Å². The van der Waals surface area contributed by atoms with E-state index in [-0.39, 0.29) is 18.3 Å². The van der Waals surface area contributed by atoms with Gasteiger partial charge in [0.05, 0.1) is 18.9 Å². The van der Waals surface area contributed by atoms with Crippen LogP contribution in [-0.2, 0) is 6.42 Å². The van der Waals surface area contributed by atoms with Crippen molar-refractivity contribution in [3.8, 4) is 11.5 Å². The van der Waals surface area contributed by atoms with Gasteiger partial charge in [-0.25, -0.2) is 0 Å². The van der Waals surface area contributed by atoms with Gasteiger partial charge in [0.2, 0.25) is 0 Å². The van der Waals surface area contributed by atoms with Crippen molar-refractivity contribution in [3.05, 3.63) is 47.5 Å². The Labute approximate surface area is 154 Å². The fourth-order valence-corrected chi connectivity index (χ4v) is 2.79. The molecule has 0 saturated carbocycles. The zero-order valence-corrected chi connectivity index (χ0v) is 15.2. The standard InChI is InChI=1S/C19H22N2O3.ClH/c1-3-23-15-6-8-18(24-4-2)17(12-15)21-19(22)14-5-7-16-13(11-14)9-10-20-16;/h5-8,11-12,20H,3-4,9-10H2,1-2H3,(H,21,22);1H. The fourth-order valence-electron chi connectivity index (χ4n) is 2.79. The van der Waals surface area contributed by atoms with E-state index in [0.717, 1.165) is 18.7 Å². The van der Waals surface area contributed by atoms with E-state index in [1.807, 2.05) is 44.2 Å². The first kappa shape index (κ1) is 18.9. The second-order valence-electron chi connectivity index (χ2n) is 5.53. The summed E-state index contributed by atoms with van der Waals surface area (Å²) in [6, 6.07) is 11.2. The Morgan fingerprint density at radius 1 is 1.12 bits per heavy atom. The average Bonchev–Trinajstić information content (AvgIpc) is 3.05. The first-order valence-electron chi connectivity index (χ1n) is 8.29. The van der Waals surface area contributed by atoms with E-state index in [1.54, 1.807) is 6.07 Å². The lowest BCUT2D eigenvalue weighted by Gasteiger charge is -2.14. The third-order valence-corrected chi connectivity index (χ3v) is 3.89. The van der Waals surface area contributed by atoms with Crippen molar-refractivity contribution in [2.24, 2.45) is 0 Å². The molecule has 1 amide bonds. The molecular weight excluding hydrogens is 340 g/mol. The molecule has 2 N–H and O–H groups in total. The van der Waals surface area contributed by atoms with Crippen LogP contribution in [0.5, 0.6) is 11.5 Å². The van der Waals surface area contributed by atoms with Crippen molar-refractivity contribution in [1.82, 2.24) is 0 Å². The third kappa shape index (κ3) is 4.37. The predicted molar refractivity (Wildman–Crippen MR) is 103 cm³/mol. The highest BCUT2D eigenvalue weighted by atomic mass is 35.5. The smallest absolute Gasteiger partial charge is 0.255 e. The van der Waals surface area contributed by atoms with Gasteiger partial charge >= 0.3 is 0 Å². The van der Waals surface area contributed by atoms with Gasteiger partial charge in [-0.2, -0.15) is 0 Å². The van der Waals surface area contributed by atoms with Gasteiger partial charge in [-0.15, -0.1) is 12.4 Å². The van der Waals surface area contributed by atoms with Gasteiger partial charge in [-0.1, -0.05) is 0 Å². The molecule has 0 aliphatic carbocycles. The molecule has 0 bridgehead atoms. The van der Waals surface area contributed by atoms with Crippen molar-refractivity contribution in [1.29, 1.82) is 0 Å². The summed E-state index contributed by atoms with van der Waals surface area (Å²) in [7, 11) is 0. The van der Waals surface area contributed by atoms with Crippen LogP contribution in [-0.4, -0.2) is 25.7 Å². The van der Waals surface area contributed by atoms with Gasteiger partial charge in [0.25, 0.3) is 5.91 Å². The molecule has 1 heterocycles. The van der Waals surface area contributed by atoms with E-state index < -0.39 is 0 Å². The van der Waals surface area contributed by atoms with E-state index in [1.165, 1.54) is 5.56 Å². The van der Waals surface area contributed by atoms with E-state index in [9.17, 15) is 4.79 Å². The second kappa shape index (κ2) is 8.62. The molecule has 1 aliphatic heterocycles. The van der Waals surface area contributed by atoms with Crippen molar-refractivity contribution < 1.29 is 14.3 Å². The number of hydrogen-bond donors (Lipinski definition) is 2. The highest BCUT2D eigenvalue weighted by Gasteiger charge is 2.15. The number of halogens is 1. The first-order valence-corrected chi connectivity index (χ1v) is 8.29. The maximum absolute atomic E-state index is 12.6. The Morgan fingerprint density at radius 3 is 2.68 bits per heavy atom. The summed E-state index contributed by atoms with van der Waals surface area (Å²) in [4.78, 5) is 12.6. The normalized spacial score (nSPS) is 11.8. The lowest BCUT2D eigenvalue weighted by molar-refractivity contribution is 0.102. The third-order valence-electron chi connectivity index (χ3n) is 3.89. The minimum absolute atomic E-state index is 0. The number of hydrogen-bond acceptors (Lipinski definition) is 4. The summed E-state index contributed by atoms with van der Waals surface area (Å²) in [6.07, 6.45) is 0.945. The summed E-state index contributed by atoms with van der Waals surface area (Å²) < 4.78 is 11.1. The van der Waals surface area contributed by atoms with Crippen LogP contribution in [0.25, 0.3) is 0 Å². The number of carbonyl (C=O) groups excluding carboxylic acids is 1. The monoisotopic (exact) mass is 362 g/mol. The lowest BCUT2D eigenvalue weighted by atomic mass is 10.1. The molecule has 25 heavy (non-hydrogen) atoms. The largest absolute Gasteiger partial charge is 0.494 e. The van der Waals surface area contributed by atoms with Gasteiger partial charge in [-0.05, 0) is 56.2 Å². The Balaban J connectivity index is 0.00000225. The summed E-state index contributed by atoms with van der Waals surface area (Å²) in [5.74, 6) is 1.19. The number of amides is 1. The highest BCUT2D eigenvalue weighted by Crippen LogP contribution is 2.30. The highest BCUT2D eigenvalue weighted by molar-refractivity contribution is 6.05. The van der Waals surface area contributed by atoms with Gasteiger partial charge in [0.1, 0.15) is 11.5 Å².